The quantitative estimate of drug-likeness (QED) is 0.253. The lowest BCUT2D eigenvalue weighted by Gasteiger charge is -2.23. The predicted molar refractivity (Wildman–Crippen MR) is 124 cm³/mol. The maximum atomic E-state index is 13.9. The van der Waals surface area contributed by atoms with Crippen molar-refractivity contribution >= 4 is 35.6 Å². The number of hydrogen-bond donors (Lipinski definition) is 2. The van der Waals surface area contributed by atoms with E-state index in [4.69, 9.17) is 5.26 Å². The van der Waals surface area contributed by atoms with Gasteiger partial charge in [-0.05, 0) is 37.6 Å². The molecule has 2 rings (SSSR count). The minimum Gasteiger partial charge on any atom is -0.372 e. The maximum absolute atomic E-state index is 13.9. The number of halogens is 2. The van der Waals surface area contributed by atoms with E-state index in [0.29, 0.717) is 23.6 Å². The molecule has 0 bridgehead atoms. The Morgan fingerprint density at radius 3 is 2.54 bits per heavy atom. The molecule has 5 nitrogen and oxygen atoms in total. The summed E-state index contributed by atoms with van der Waals surface area (Å²) in [5, 5.41) is 15.1. The Morgan fingerprint density at radius 2 is 1.93 bits per heavy atom. The van der Waals surface area contributed by atoms with Crippen LogP contribution in [-0.4, -0.2) is 32.6 Å². The first-order valence-corrected chi connectivity index (χ1v) is 9.11. The second-order valence-corrected chi connectivity index (χ2v) is 6.04. The fourth-order valence-electron chi connectivity index (χ4n) is 2.75. The molecule has 150 valence electrons. The molecule has 0 saturated heterocycles. The van der Waals surface area contributed by atoms with E-state index in [1.165, 1.54) is 11.8 Å². The number of anilines is 1. The summed E-state index contributed by atoms with van der Waals surface area (Å²) in [4.78, 5) is 6.49. The van der Waals surface area contributed by atoms with Crippen LogP contribution >= 0.6 is 24.0 Å². The fraction of sp³-hybridized carbons (Fsp3) is 0.333. The van der Waals surface area contributed by atoms with Crippen LogP contribution in [0.2, 0.25) is 0 Å². The number of para-hydroxylation sites is 1. The second kappa shape index (κ2) is 12.9. The zero-order valence-corrected chi connectivity index (χ0v) is 18.6. The van der Waals surface area contributed by atoms with E-state index < -0.39 is 5.82 Å². The Balaban J connectivity index is 0.00000392. The van der Waals surface area contributed by atoms with Crippen molar-refractivity contribution < 1.29 is 4.39 Å². The van der Waals surface area contributed by atoms with Gasteiger partial charge in [-0.1, -0.05) is 24.3 Å². The largest absolute Gasteiger partial charge is 0.372 e. The van der Waals surface area contributed by atoms with E-state index in [0.717, 1.165) is 26.1 Å². The number of benzene rings is 2. The van der Waals surface area contributed by atoms with Gasteiger partial charge in [0.05, 0.1) is 11.6 Å². The van der Waals surface area contributed by atoms with E-state index in [1.807, 2.05) is 24.3 Å². The topological polar surface area (TPSA) is 63.4 Å². The third kappa shape index (κ3) is 7.35. The van der Waals surface area contributed by atoms with Gasteiger partial charge in [-0.2, -0.15) is 5.26 Å². The molecule has 2 aromatic carbocycles. The normalized spacial score (nSPS) is 10.6. The molecule has 0 spiro atoms. The van der Waals surface area contributed by atoms with Crippen molar-refractivity contribution in [3.63, 3.8) is 0 Å². The average molecular weight is 495 g/mol. The average Bonchev–Trinajstić information content (AvgIpc) is 2.71. The lowest BCUT2D eigenvalue weighted by Crippen LogP contribution is -2.38. The minimum absolute atomic E-state index is 0. The van der Waals surface area contributed by atoms with Crippen LogP contribution in [0.5, 0.6) is 0 Å². The van der Waals surface area contributed by atoms with E-state index in [1.54, 1.807) is 19.2 Å². The van der Waals surface area contributed by atoms with Crippen molar-refractivity contribution in [1.29, 1.82) is 5.26 Å². The van der Waals surface area contributed by atoms with Crippen molar-refractivity contribution in [3.8, 4) is 6.07 Å². The van der Waals surface area contributed by atoms with Crippen LogP contribution in [0.15, 0.2) is 53.5 Å². The van der Waals surface area contributed by atoms with Crippen LogP contribution < -0.4 is 15.5 Å². The van der Waals surface area contributed by atoms with E-state index in [9.17, 15) is 4.39 Å². The van der Waals surface area contributed by atoms with Gasteiger partial charge in [-0.3, -0.25) is 4.99 Å². The van der Waals surface area contributed by atoms with Gasteiger partial charge in [0.2, 0.25) is 0 Å². The van der Waals surface area contributed by atoms with Gasteiger partial charge in [0.15, 0.2) is 5.96 Å². The highest BCUT2D eigenvalue weighted by atomic mass is 127. The first kappa shape index (κ1) is 23.7. The minimum atomic E-state index is -0.390. The number of aliphatic imine (C=N–C) groups is 1. The molecule has 2 N–H and O–H groups in total. The lowest BCUT2D eigenvalue weighted by atomic mass is 10.1. The number of guanidine groups is 1. The molecule has 0 saturated carbocycles. The molecule has 0 heterocycles. The molecule has 7 heteroatoms. The summed E-state index contributed by atoms with van der Waals surface area (Å²) in [5.74, 6) is 0.236. The highest BCUT2D eigenvalue weighted by Crippen LogP contribution is 2.12. The zero-order valence-electron chi connectivity index (χ0n) is 16.3. The maximum Gasteiger partial charge on any atom is 0.191 e. The molecule has 28 heavy (non-hydrogen) atoms. The summed E-state index contributed by atoms with van der Waals surface area (Å²) in [7, 11) is 1.69. The van der Waals surface area contributed by atoms with Gasteiger partial charge in [-0.25, -0.2) is 4.39 Å². The molecule has 0 amide bonds. The fourth-order valence-corrected chi connectivity index (χ4v) is 2.75. The molecule has 0 aliphatic heterocycles. The number of nitrogens with one attached hydrogen (secondary N) is 2. The van der Waals surface area contributed by atoms with E-state index >= 15 is 0 Å². The van der Waals surface area contributed by atoms with Gasteiger partial charge < -0.3 is 15.5 Å². The summed E-state index contributed by atoms with van der Waals surface area (Å²) in [6.07, 6.45) is 0.953. The summed E-state index contributed by atoms with van der Waals surface area (Å²) in [6.45, 7) is 5.11. The predicted octanol–water partition coefficient (Wildman–Crippen LogP) is 3.90. The van der Waals surface area contributed by atoms with Crippen LogP contribution in [0.1, 0.15) is 24.5 Å². The van der Waals surface area contributed by atoms with Crippen LogP contribution in [0.4, 0.5) is 10.1 Å². The van der Waals surface area contributed by atoms with Crippen molar-refractivity contribution in [2.24, 2.45) is 4.99 Å². The van der Waals surface area contributed by atoms with Gasteiger partial charge in [0, 0.05) is 44.5 Å². The van der Waals surface area contributed by atoms with Crippen LogP contribution in [0, 0.1) is 17.1 Å². The molecular formula is C21H27FIN5. The Kier molecular flexibility index (Phi) is 11.0. The summed E-state index contributed by atoms with van der Waals surface area (Å²) >= 11 is 0. The number of rotatable bonds is 8. The van der Waals surface area contributed by atoms with Crippen molar-refractivity contribution in [2.75, 3.05) is 31.6 Å². The third-order valence-corrected chi connectivity index (χ3v) is 4.25. The van der Waals surface area contributed by atoms with Gasteiger partial charge in [0.1, 0.15) is 5.82 Å². The Morgan fingerprint density at radius 1 is 1.18 bits per heavy atom. The first-order valence-electron chi connectivity index (χ1n) is 9.11. The van der Waals surface area contributed by atoms with Gasteiger partial charge in [-0.15, -0.1) is 24.0 Å². The van der Waals surface area contributed by atoms with Crippen LogP contribution in [0.3, 0.4) is 0 Å². The Labute approximate surface area is 183 Å². The van der Waals surface area contributed by atoms with E-state index in [-0.39, 0.29) is 24.0 Å². The summed E-state index contributed by atoms with van der Waals surface area (Å²) < 4.78 is 13.9. The van der Waals surface area contributed by atoms with Crippen LogP contribution in [0.25, 0.3) is 0 Å². The Hall–Kier alpha value is -2.34. The van der Waals surface area contributed by atoms with E-state index in [2.05, 4.69) is 39.6 Å². The molecule has 2 aromatic rings. The van der Waals surface area contributed by atoms with Crippen molar-refractivity contribution in [2.45, 2.75) is 19.9 Å². The smallest absolute Gasteiger partial charge is 0.191 e. The molecular weight excluding hydrogens is 468 g/mol. The first-order chi connectivity index (χ1) is 13.2. The van der Waals surface area contributed by atoms with Crippen LogP contribution in [-0.2, 0) is 6.54 Å². The zero-order chi connectivity index (χ0) is 19.5. The molecule has 0 fully saturated rings. The molecule has 0 atom stereocenters. The number of hydrogen-bond acceptors (Lipinski definition) is 3. The molecule has 0 aliphatic carbocycles. The van der Waals surface area contributed by atoms with Gasteiger partial charge in [0.25, 0.3) is 0 Å². The molecule has 0 aliphatic rings. The molecule has 0 radical (unpaired) electrons. The molecule has 0 aromatic heterocycles. The highest BCUT2D eigenvalue weighted by Gasteiger charge is 2.06. The summed E-state index contributed by atoms with van der Waals surface area (Å²) in [5.41, 5.74) is 2.04. The summed E-state index contributed by atoms with van der Waals surface area (Å²) in [6, 6.07) is 16.7. The third-order valence-electron chi connectivity index (χ3n) is 4.25. The Bertz CT molecular complexity index is 789. The standard InChI is InChI=1S/C21H26FN5.HI/c1-3-27(19-8-5-4-6-9-19)13-7-12-25-21(24-2)26-16-18-11-10-17(15-23)14-20(18)22;/h4-6,8-11,14H,3,7,12-13,16H2,1-2H3,(H2,24,25,26);1H. The number of nitrogens with zero attached hydrogens (tertiary/aromatic N) is 3. The van der Waals surface area contributed by atoms with Crippen molar-refractivity contribution in [1.82, 2.24) is 10.6 Å². The van der Waals surface area contributed by atoms with Gasteiger partial charge >= 0.3 is 0 Å². The van der Waals surface area contributed by atoms with Crippen molar-refractivity contribution in [3.05, 3.63) is 65.5 Å². The highest BCUT2D eigenvalue weighted by molar-refractivity contribution is 14.0. The second-order valence-electron chi connectivity index (χ2n) is 6.04. The SMILES string of the molecule is CCN(CCCNC(=NC)NCc1ccc(C#N)cc1F)c1ccccc1.I. The lowest BCUT2D eigenvalue weighted by molar-refractivity contribution is 0.604. The number of nitriles is 1. The monoisotopic (exact) mass is 495 g/mol. The molecule has 0 unspecified atom stereocenters.